The van der Waals surface area contributed by atoms with Crippen molar-refractivity contribution in [1.82, 2.24) is 0 Å². The first kappa shape index (κ1) is 11.9. The number of halogens is 2. The fourth-order valence-electron chi connectivity index (χ4n) is 1.65. The molecule has 0 saturated carbocycles. The molecule has 17 heavy (non-hydrogen) atoms. The van der Waals surface area contributed by atoms with Crippen LogP contribution in [-0.2, 0) is 0 Å². The average Bonchev–Trinajstić information content (AvgIpc) is 2.29. The molecule has 2 rings (SSSR count). The van der Waals surface area contributed by atoms with Crippen molar-refractivity contribution in [3.63, 3.8) is 0 Å². The van der Waals surface area contributed by atoms with Crippen molar-refractivity contribution < 1.29 is 9.50 Å². The van der Waals surface area contributed by atoms with E-state index in [1.165, 1.54) is 24.3 Å². The summed E-state index contributed by atoms with van der Waals surface area (Å²) in [5.74, 6) is -0.354. The third kappa shape index (κ3) is 2.40. The van der Waals surface area contributed by atoms with Crippen molar-refractivity contribution in [3.8, 4) is 0 Å². The Hall–Kier alpha value is -1.58. The first-order chi connectivity index (χ1) is 8.09. The maximum absolute atomic E-state index is 12.8. The molecule has 0 fully saturated rings. The molecule has 0 spiro atoms. The molecule has 0 heterocycles. The van der Waals surface area contributed by atoms with Gasteiger partial charge in [0.05, 0.1) is 0 Å². The molecule has 0 aliphatic heterocycles. The van der Waals surface area contributed by atoms with E-state index in [1.807, 2.05) is 0 Å². The highest BCUT2D eigenvalue weighted by Crippen LogP contribution is 2.32. The second kappa shape index (κ2) is 4.73. The largest absolute Gasteiger partial charge is 0.398 e. The summed E-state index contributed by atoms with van der Waals surface area (Å²) in [6.45, 7) is 0. The zero-order valence-electron chi connectivity index (χ0n) is 8.90. The van der Waals surface area contributed by atoms with Crippen LogP contribution in [0.15, 0.2) is 42.5 Å². The molecule has 2 aromatic rings. The Bertz CT molecular complexity index is 507. The molecular formula is C13H11ClFNO. The highest BCUT2D eigenvalue weighted by Gasteiger charge is 2.16. The lowest BCUT2D eigenvalue weighted by atomic mass is 10.00. The van der Waals surface area contributed by atoms with Gasteiger partial charge in [-0.05, 0) is 29.8 Å². The standard InChI is InChI=1S/C13H11ClFNO/c14-10-2-1-3-11(16)12(10)13(17)8-4-6-9(15)7-5-8/h1-7,13,17H,16H2. The molecule has 3 N–H and O–H groups in total. The molecule has 1 atom stereocenters. The van der Waals surface area contributed by atoms with E-state index >= 15 is 0 Å². The lowest BCUT2D eigenvalue weighted by molar-refractivity contribution is 0.221. The summed E-state index contributed by atoms with van der Waals surface area (Å²) in [6, 6.07) is 10.6. The quantitative estimate of drug-likeness (QED) is 0.806. The van der Waals surface area contributed by atoms with Gasteiger partial charge < -0.3 is 10.8 Å². The fraction of sp³-hybridized carbons (Fsp3) is 0.0769. The van der Waals surface area contributed by atoms with Crippen LogP contribution in [0, 0.1) is 5.82 Å². The molecule has 4 heteroatoms. The first-order valence-corrected chi connectivity index (χ1v) is 5.45. The molecular weight excluding hydrogens is 241 g/mol. The van der Waals surface area contributed by atoms with Gasteiger partial charge in [0.2, 0.25) is 0 Å². The smallest absolute Gasteiger partial charge is 0.123 e. The molecule has 2 aromatic carbocycles. The minimum Gasteiger partial charge on any atom is -0.398 e. The van der Waals surface area contributed by atoms with Gasteiger partial charge in [-0.2, -0.15) is 0 Å². The summed E-state index contributed by atoms with van der Waals surface area (Å²) in [4.78, 5) is 0. The van der Waals surface area contributed by atoms with Crippen LogP contribution in [0.4, 0.5) is 10.1 Å². The molecule has 0 aromatic heterocycles. The lowest BCUT2D eigenvalue weighted by Crippen LogP contribution is -2.04. The first-order valence-electron chi connectivity index (χ1n) is 5.07. The minimum absolute atomic E-state index is 0.354. The van der Waals surface area contributed by atoms with Crippen molar-refractivity contribution in [3.05, 3.63) is 64.4 Å². The van der Waals surface area contributed by atoms with Gasteiger partial charge in [0.25, 0.3) is 0 Å². The second-order valence-corrected chi connectivity index (χ2v) is 4.10. The highest BCUT2D eigenvalue weighted by molar-refractivity contribution is 6.31. The summed E-state index contributed by atoms with van der Waals surface area (Å²) in [5.41, 5.74) is 7.18. The molecule has 0 radical (unpaired) electrons. The van der Waals surface area contributed by atoms with Gasteiger partial charge in [0, 0.05) is 16.3 Å². The van der Waals surface area contributed by atoms with Crippen LogP contribution in [0.3, 0.4) is 0 Å². The van der Waals surface area contributed by atoms with Gasteiger partial charge in [0.15, 0.2) is 0 Å². The van der Waals surface area contributed by atoms with Gasteiger partial charge in [0.1, 0.15) is 11.9 Å². The van der Waals surface area contributed by atoms with E-state index in [2.05, 4.69) is 0 Å². The number of rotatable bonds is 2. The van der Waals surface area contributed by atoms with Crippen molar-refractivity contribution in [2.45, 2.75) is 6.10 Å². The Labute approximate surface area is 103 Å². The van der Waals surface area contributed by atoms with Crippen LogP contribution in [0.1, 0.15) is 17.2 Å². The van der Waals surface area contributed by atoms with E-state index in [9.17, 15) is 9.50 Å². The van der Waals surface area contributed by atoms with E-state index in [0.717, 1.165) is 0 Å². The molecule has 0 aliphatic carbocycles. The fourth-order valence-corrected chi connectivity index (χ4v) is 1.94. The maximum Gasteiger partial charge on any atom is 0.123 e. The Morgan fingerprint density at radius 3 is 2.35 bits per heavy atom. The zero-order chi connectivity index (χ0) is 12.4. The molecule has 88 valence electrons. The summed E-state index contributed by atoms with van der Waals surface area (Å²) >= 11 is 5.99. The van der Waals surface area contributed by atoms with Gasteiger partial charge in [-0.25, -0.2) is 4.39 Å². The molecule has 0 aliphatic rings. The van der Waals surface area contributed by atoms with Gasteiger partial charge in [-0.15, -0.1) is 0 Å². The number of nitrogens with two attached hydrogens (primary N) is 1. The number of benzene rings is 2. The lowest BCUT2D eigenvalue weighted by Gasteiger charge is -2.15. The number of hydrogen-bond donors (Lipinski definition) is 2. The van der Waals surface area contributed by atoms with E-state index < -0.39 is 6.10 Å². The number of anilines is 1. The van der Waals surface area contributed by atoms with E-state index in [0.29, 0.717) is 21.8 Å². The van der Waals surface area contributed by atoms with Crippen molar-refractivity contribution >= 4 is 17.3 Å². The zero-order valence-corrected chi connectivity index (χ0v) is 9.66. The Kier molecular flexibility index (Phi) is 3.31. The Balaban J connectivity index is 2.43. The minimum atomic E-state index is -0.954. The third-order valence-electron chi connectivity index (χ3n) is 2.55. The van der Waals surface area contributed by atoms with Crippen LogP contribution in [0.5, 0.6) is 0 Å². The molecule has 0 bridgehead atoms. The molecule has 1 unspecified atom stereocenters. The van der Waals surface area contributed by atoms with Crippen molar-refractivity contribution in [2.75, 3.05) is 5.73 Å². The number of aliphatic hydroxyl groups is 1. The van der Waals surface area contributed by atoms with Crippen molar-refractivity contribution in [2.24, 2.45) is 0 Å². The highest BCUT2D eigenvalue weighted by atomic mass is 35.5. The van der Waals surface area contributed by atoms with E-state index in [4.69, 9.17) is 17.3 Å². The van der Waals surface area contributed by atoms with Gasteiger partial charge >= 0.3 is 0 Å². The predicted octanol–water partition coefficient (Wildman–Crippen LogP) is 3.14. The van der Waals surface area contributed by atoms with Crippen LogP contribution < -0.4 is 5.73 Å². The van der Waals surface area contributed by atoms with Crippen LogP contribution >= 0.6 is 11.6 Å². The number of hydrogen-bond acceptors (Lipinski definition) is 2. The van der Waals surface area contributed by atoms with E-state index in [1.54, 1.807) is 18.2 Å². The van der Waals surface area contributed by atoms with Gasteiger partial charge in [-0.3, -0.25) is 0 Å². The molecule has 0 amide bonds. The monoisotopic (exact) mass is 251 g/mol. The Morgan fingerprint density at radius 1 is 1.12 bits per heavy atom. The van der Waals surface area contributed by atoms with Crippen LogP contribution in [0.2, 0.25) is 5.02 Å². The normalized spacial score (nSPS) is 12.4. The maximum atomic E-state index is 12.8. The predicted molar refractivity (Wildman–Crippen MR) is 66.3 cm³/mol. The van der Waals surface area contributed by atoms with Crippen molar-refractivity contribution in [1.29, 1.82) is 0 Å². The Morgan fingerprint density at radius 2 is 1.76 bits per heavy atom. The number of aliphatic hydroxyl groups excluding tert-OH is 1. The van der Waals surface area contributed by atoms with E-state index in [-0.39, 0.29) is 5.82 Å². The SMILES string of the molecule is Nc1cccc(Cl)c1C(O)c1ccc(F)cc1. The number of nitrogen functional groups attached to an aromatic ring is 1. The molecule has 0 saturated heterocycles. The summed E-state index contributed by atoms with van der Waals surface area (Å²) < 4.78 is 12.8. The summed E-state index contributed by atoms with van der Waals surface area (Å²) in [5, 5.41) is 10.5. The van der Waals surface area contributed by atoms with Crippen LogP contribution in [0.25, 0.3) is 0 Å². The summed E-state index contributed by atoms with van der Waals surface area (Å²) in [7, 11) is 0. The average molecular weight is 252 g/mol. The third-order valence-corrected chi connectivity index (χ3v) is 2.88. The molecule has 2 nitrogen and oxygen atoms in total. The summed E-state index contributed by atoms with van der Waals surface area (Å²) in [6.07, 6.45) is -0.954. The second-order valence-electron chi connectivity index (χ2n) is 3.70. The topological polar surface area (TPSA) is 46.2 Å². The van der Waals surface area contributed by atoms with Crippen LogP contribution in [-0.4, -0.2) is 5.11 Å². The van der Waals surface area contributed by atoms with Gasteiger partial charge in [-0.1, -0.05) is 29.8 Å².